The Morgan fingerprint density at radius 1 is 0.882 bits per heavy atom. The predicted molar refractivity (Wildman–Crippen MR) is 126 cm³/mol. The second-order valence-corrected chi connectivity index (χ2v) is 8.65. The minimum absolute atomic E-state index is 0.197. The van der Waals surface area contributed by atoms with Crippen LogP contribution in [0.5, 0.6) is 17.2 Å². The molecule has 180 valence electrons. The zero-order valence-corrected chi connectivity index (χ0v) is 20.2. The van der Waals surface area contributed by atoms with Crippen molar-refractivity contribution >= 4 is 23.5 Å². The minimum Gasteiger partial charge on any atom is -0.493 e. The van der Waals surface area contributed by atoms with Crippen molar-refractivity contribution in [3.63, 3.8) is 0 Å². The predicted octanol–water partition coefficient (Wildman–Crippen LogP) is 2.35. The molecule has 4 amide bonds. The molecular weight excluding hydrogens is 438 g/mol. The smallest absolute Gasteiger partial charge is 0.332 e. The number of anilines is 1. The van der Waals surface area contributed by atoms with E-state index in [0.717, 1.165) is 26.6 Å². The highest BCUT2D eigenvalue weighted by atomic mass is 16.5. The Bertz CT molecular complexity index is 1110. The number of carbonyl (C=O) groups excluding carboxylic acids is 3. The van der Waals surface area contributed by atoms with Crippen molar-refractivity contribution in [2.24, 2.45) is 5.41 Å². The molecule has 0 saturated carbocycles. The van der Waals surface area contributed by atoms with Crippen molar-refractivity contribution in [1.29, 1.82) is 0 Å². The molecule has 0 N–H and O–H groups in total. The van der Waals surface area contributed by atoms with Crippen LogP contribution < -0.4 is 19.1 Å². The van der Waals surface area contributed by atoms with Gasteiger partial charge in [0.2, 0.25) is 17.6 Å². The quantitative estimate of drug-likeness (QED) is 0.624. The molecule has 0 aliphatic carbocycles. The van der Waals surface area contributed by atoms with Crippen LogP contribution in [0.2, 0.25) is 0 Å². The first kappa shape index (κ1) is 23.4. The largest absolute Gasteiger partial charge is 0.493 e. The van der Waals surface area contributed by atoms with Crippen LogP contribution in [0, 0.1) is 5.41 Å². The summed E-state index contributed by atoms with van der Waals surface area (Å²) in [6, 6.07) is 10.1. The number of hydrogen-bond acceptors (Lipinski definition) is 7. The van der Waals surface area contributed by atoms with Crippen molar-refractivity contribution < 1.29 is 28.6 Å². The van der Waals surface area contributed by atoms with Crippen molar-refractivity contribution in [1.82, 2.24) is 9.80 Å². The zero-order valence-electron chi connectivity index (χ0n) is 20.2. The molecule has 0 bridgehead atoms. The Balaban J connectivity index is 1.89. The van der Waals surface area contributed by atoms with Gasteiger partial charge in [0.05, 0.1) is 27.4 Å². The fraction of sp³-hybridized carbons (Fsp3) is 0.400. The number of amides is 4. The molecule has 0 unspecified atom stereocenters. The van der Waals surface area contributed by atoms with Gasteiger partial charge in [-0.1, -0.05) is 18.2 Å². The van der Waals surface area contributed by atoms with Crippen LogP contribution in [0.4, 0.5) is 10.5 Å². The second kappa shape index (κ2) is 8.55. The Labute approximate surface area is 198 Å². The topological polar surface area (TPSA) is 88.6 Å². The van der Waals surface area contributed by atoms with Crippen molar-refractivity contribution in [2.75, 3.05) is 47.4 Å². The molecular formula is C25H29N3O6. The molecule has 9 nitrogen and oxygen atoms in total. The molecule has 0 aromatic heterocycles. The first-order valence-corrected chi connectivity index (χ1v) is 10.9. The SMILES string of the molecule is COc1cc(C[C@@H]2N(C)c3ccccc3CC23C(=O)N(C)C(=O)N(C)C3=O)cc(OC)c1OC. The number of fused-ring (bicyclic) bond motifs is 1. The molecule has 2 aliphatic heterocycles. The minimum atomic E-state index is -1.47. The number of rotatable bonds is 5. The molecule has 2 aromatic carbocycles. The normalized spacial score (nSPS) is 19.4. The van der Waals surface area contributed by atoms with Gasteiger partial charge < -0.3 is 19.1 Å². The first-order chi connectivity index (χ1) is 16.2. The van der Waals surface area contributed by atoms with Crippen LogP contribution in [-0.4, -0.2) is 76.2 Å². The molecule has 1 fully saturated rings. The van der Waals surface area contributed by atoms with E-state index in [4.69, 9.17) is 14.2 Å². The van der Waals surface area contributed by atoms with Crippen molar-refractivity contribution in [2.45, 2.75) is 18.9 Å². The van der Waals surface area contributed by atoms with E-state index in [1.807, 2.05) is 48.3 Å². The van der Waals surface area contributed by atoms with Gasteiger partial charge >= 0.3 is 6.03 Å². The lowest BCUT2D eigenvalue weighted by atomic mass is 9.66. The number of hydrogen-bond donors (Lipinski definition) is 0. The average molecular weight is 468 g/mol. The Kier molecular flexibility index (Phi) is 5.89. The molecule has 1 spiro atoms. The van der Waals surface area contributed by atoms with Gasteiger partial charge in [0.1, 0.15) is 0 Å². The highest BCUT2D eigenvalue weighted by molar-refractivity contribution is 6.20. The van der Waals surface area contributed by atoms with Crippen LogP contribution in [0.25, 0.3) is 0 Å². The molecule has 2 heterocycles. The number of barbiturate groups is 1. The standard InChI is InChI=1S/C25H29N3O6/c1-26-17-10-8-7-9-16(17)14-25(22(29)27(2)24(31)28(3)23(25)30)20(26)13-15-11-18(32-4)21(34-6)19(12-15)33-5/h7-12,20H,13-14H2,1-6H3/t20-/m0/s1. The maximum Gasteiger partial charge on any atom is 0.332 e. The summed E-state index contributed by atoms with van der Waals surface area (Å²) < 4.78 is 16.4. The fourth-order valence-electron chi connectivity index (χ4n) is 5.23. The van der Waals surface area contributed by atoms with E-state index >= 15 is 0 Å². The number of methoxy groups -OCH3 is 3. The number of imide groups is 2. The summed E-state index contributed by atoms with van der Waals surface area (Å²) in [5.74, 6) is 0.422. The van der Waals surface area contributed by atoms with E-state index in [2.05, 4.69) is 0 Å². The Morgan fingerprint density at radius 3 is 1.97 bits per heavy atom. The van der Waals surface area contributed by atoms with Gasteiger partial charge in [0.25, 0.3) is 0 Å². The number of nitrogens with zero attached hydrogens (tertiary/aromatic N) is 3. The third kappa shape index (κ3) is 3.26. The number of urea groups is 1. The summed E-state index contributed by atoms with van der Waals surface area (Å²) in [6.07, 6.45) is 0.525. The maximum atomic E-state index is 13.7. The third-order valence-corrected chi connectivity index (χ3v) is 6.98. The van der Waals surface area contributed by atoms with Crippen LogP contribution in [0.15, 0.2) is 36.4 Å². The van der Waals surface area contributed by atoms with Crippen LogP contribution in [0.3, 0.4) is 0 Å². The lowest BCUT2D eigenvalue weighted by Crippen LogP contribution is -2.71. The first-order valence-electron chi connectivity index (χ1n) is 10.9. The second-order valence-electron chi connectivity index (χ2n) is 8.65. The molecule has 1 atom stereocenters. The van der Waals surface area contributed by atoms with Gasteiger partial charge in [-0.2, -0.15) is 0 Å². The molecule has 2 aliphatic rings. The van der Waals surface area contributed by atoms with Crippen LogP contribution >= 0.6 is 0 Å². The van der Waals surface area contributed by atoms with Gasteiger partial charge in [-0.05, 0) is 42.2 Å². The van der Waals surface area contributed by atoms with Gasteiger partial charge in [0.15, 0.2) is 16.9 Å². The Morgan fingerprint density at radius 2 is 1.44 bits per heavy atom. The van der Waals surface area contributed by atoms with Crippen LogP contribution in [0.1, 0.15) is 11.1 Å². The summed E-state index contributed by atoms with van der Waals surface area (Å²) >= 11 is 0. The molecule has 34 heavy (non-hydrogen) atoms. The number of benzene rings is 2. The van der Waals surface area contributed by atoms with Crippen molar-refractivity contribution in [3.05, 3.63) is 47.5 Å². The Hall–Kier alpha value is -3.75. The highest BCUT2D eigenvalue weighted by Crippen LogP contribution is 2.47. The average Bonchev–Trinajstić information content (AvgIpc) is 2.86. The van der Waals surface area contributed by atoms with Gasteiger partial charge in [-0.25, -0.2) is 4.79 Å². The van der Waals surface area contributed by atoms with E-state index in [9.17, 15) is 14.4 Å². The van der Waals surface area contributed by atoms with E-state index in [-0.39, 0.29) is 6.42 Å². The molecule has 2 aromatic rings. The zero-order chi connectivity index (χ0) is 24.8. The monoisotopic (exact) mass is 467 g/mol. The molecule has 0 radical (unpaired) electrons. The summed E-state index contributed by atoms with van der Waals surface area (Å²) in [5, 5.41) is 0. The van der Waals surface area contributed by atoms with Crippen LogP contribution in [-0.2, 0) is 22.4 Å². The summed E-state index contributed by atoms with van der Waals surface area (Å²) in [5.41, 5.74) is 1.14. The highest BCUT2D eigenvalue weighted by Gasteiger charge is 2.62. The van der Waals surface area contributed by atoms with E-state index in [0.29, 0.717) is 23.7 Å². The number of carbonyl (C=O) groups is 3. The molecule has 9 heteroatoms. The maximum absolute atomic E-state index is 13.7. The lowest BCUT2D eigenvalue weighted by Gasteiger charge is -2.52. The molecule has 1 saturated heterocycles. The van der Waals surface area contributed by atoms with Crippen molar-refractivity contribution in [3.8, 4) is 17.2 Å². The summed E-state index contributed by atoms with van der Waals surface area (Å²) in [6.45, 7) is 0. The molecule has 4 rings (SSSR count). The third-order valence-electron chi connectivity index (χ3n) is 6.98. The van der Waals surface area contributed by atoms with Gasteiger partial charge in [-0.15, -0.1) is 0 Å². The summed E-state index contributed by atoms with van der Waals surface area (Å²) in [7, 11) is 9.32. The van der Waals surface area contributed by atoms with Gasteiger partial charge in [-0.3, -0.25) is 19.4 Å². The summed E-state index contributed by atoms with van der Waals surface area (Å²) in [4.78, 5) is 44.1. The number of para-hydroxylation sites is 1. The lowest BCUT2D eigenvalue weighted by molar-refractivity contribution is -0.159. The van der Waals surface area contributed by atoms with E-state index in [1.165, 1.54) is 35.4 Å². The van der Waals surface area contributed by atoms with E-state index in [1.54, 1.807) is 0 Å². The van der Waals surface area contributed by atoms with E-state index < -0.39 is 29.3 Å². The number of likely N-dealkylation sites (N-methyl/N-ethyl adjacent to an activating group) is 1. The number of ether oxygens (including phenoxy) is 3. The van der Waals surface area contributed by atoms with Gasteiger partial charge in [0, 0.05) is 26.8 Å². The fourth-order valence-corrected chi connectivity index (χ4v) is 5.23.